The number of hydrogen-bond acceptors (Lipinski definition) is 5. The molecule has 8 heteroatoms. The van der Waals surface area contributed by atoms with E-state index in [0.717, 1.165) is 24.2 Å². The molecular weight excluding hydrogens is 468 g/mol. The molecule has 0 radical (unpaired) electrons. The molecule has 0 saturated heterocycles. The van der Waals surface area contributed by atoms with Gasteiger partial charge in [0.2, 0.25) is 5.91 Å². The van der Waals surface area contributed by atoms with Crippen LogP contribution < -0.4 is 9.64 Å². The average Bonchev–Trinajstić information content (AvgIpc) is 3.11. The van der Waals surface area contributed by atoms with Gasteiger partial charge in [-0.15, -0.1) is 10.2 Å². The van der Waals surface area contributed by atoms with Crippen LogP contribution in [-0.4, -0.2) is 26.4 Å². The standard InChI is InChI=1S/C26H23ClN4O2S/c1-30-24(16-33-23-13-7-4-10-20(23)27)28-29-26(30)34-17-25(32)31-21-11-5-2-8-18(21)14-15-19-9-3-6-12-22(19)31/h2-13H,14-17H2,1H3. The summed E-state index contributed by atoms with van der Waals surface area (Å²) in [4.78, 5) is 15.4. The van der Waals surface area contributed by atoms with Crippen LogP contribution in [0.2, 0.25) is 5.02 Å². The van der Waals surface area contributed by atoms with Crippen LogP contribution in [0.15, 0.2) is 78.0 Å². The van der Waals surface area contributed by atoms with E-state index in [0.29, 0.717) is 21.8 Å². The Morgan fingerprint density at radius 3 is 2.24 bits per heavy atom. The van der Waals surface area contributed by atoms with Gasteiger partial charge in [0.25, 0.3) is 0 Å². The topological polar surface area (TPSA) is 60.2 Å². The number of rotatable bonds is 6. The number of ether oxygens (including phenoxy) is 1. The minimum atomic E-state index is 0.00340. The number of para-hydroxylation sites is 3. The molecule has 0 bridgehead atoms. The van der Waals surface area contributed by atoms with Gasteiger partial charge < -0.3 is 9.30 Å². The first kappa shape index (κ1) is 22.5. The fourth-order valence-electron chi connectivity index (χ4n) is 4.04. The lowest BCUT2D eigenvalue weighted by Gasteiger charge is -2.24. The summed E-state index contributed by atoms with van der Waals surface area (Å²) in [6, 6.07) is 23.6. The summed E-state index contributed by atoms with van der Waals surface area (Å²) in [5, 5.41) is 9.70. The Labute approximate surface area is 207 Å². The minimum absolute atomic E-state index is 0.00340. The van der Waals surface area contributed by atoms with Gasteiger partial charge in [0, 0.05) is 7.05 Å². The molecular formula is C26H23ClN4O2S. The molecule has 2 heterocycles. The third kappa shape index (κ3) is 4.54. The Hall–Kier alpha value is -3.29. The average molecular weight is 491 g/mol. The van der Waals surface area contributed by atoms with E-state index < -0.39 is 0 Å². The van der Waals surface area contributed by atoms with Gasteiger partial charge in [0.1, 0.15) is 12.4 Å². The predicted molar refractivity (Wildman–Crippen MR) is 135 cm³/mol. The van der Waals surface area contributed by atoms with Crippen molar-refractivity contribution in [3.63, 3.8) is 0 Å². The summed E-state index contributed by atoms with van der Waals surface area (Å²) in [6.07, 6.45) is 1.81. The molecule has 4 aromatic rings. The number of anilines is 2. The highest BCUT2D eigenvalue weighted by atomic mass is 35.5. The lowest BCUT2D eigenvalue weighted by atomic mass is 10.0. The second-order valence-corrected chi connectivity index (χ2v) is 9.30. The highest BCUT2D eigenvalue weighted by molar-refractivity contribution is 7.99. The van der Waals surface area contributed by atoms with Crippen LogP contribution in [0.5, 0.6) is 5.75 Å². The fourth-order valence-corrected chi connectivity index (χ4v) is 5.01. The normalized spacial score (nSPS) is 12.6. The summed E-state index contributed by atoms with van der Waals surface area (Å²) in [5.41, 5.74) is 4.25. The maximum absolute atomic E-state index is 13.5. The number of aromatic nitrogens is 3. The zero-order valence-electron chi connectivity index (χ0n) is 18.6. The molecule has 0 fully saturated rings. The first-order chi connectivity index (χ1) is 16.6. The van der Waals surface area contributed by atoms with Crippen molar-refractivity contribution in [2.24, 2.45) is 7.05 Å². The molecule has 0 spiro atoms. The van der Waals surface area contributed by atoms with Crippen LogP contribution in [0.25, 0.3) is 0 Å². The smallest absolute Gasteiger partial charge is 0.242 e. The van der Waals surface area contributed by atoms with Crippen LogP contribution in [0.3, 0.4) is 0 Å². The van der Waals surface area contributed by atoms with Gasteiger partial charge in [0.05, 0.1) is 22.2 Å². The molecule has 172 valence electrons. The van der Waals surface area contributed by atoms with Gasteiger partial charge in [-0.2, -0.15) is 0 Å². The van der Waals surface area contributed by atoms with Crippen molar-refractivity contribution in [1.29, 1.82) is 0 Å². The molecule has 0 atom stereocenters. The van der Waals surface area contributed by atoms with Gasteiger partial charge in [-0.05, 0) is 48.2 Å². The SMILES string of the molecule is Cn1c(COc2ccccc2Cl)nnc1SCC(=O)N1c2ccccc2CCc2ccccc21. The molecule has 0 N–H and O–H groups in total. The number of amides is 1. The zero-order valence-corrected chi connectivity index (χ0v) is 20.2. The molecule has 1 amide bonds. The molecule has 5 rings (SSSR count). The van der Waals surface area contributed by atoms with Gasteiger partial charge in [-0.25, -0.2) is 0 Å². The monoisotopic (exact) mass is 490 g/mol. The van der Waals surface area contributed by atoms with Crippen molar-refractivity contribution in [2.45, 2.75) is 24.6 Å². The van der Waals surface area contributed by atoms with E-state index in [9.17, 15) is 4.79 Å². The van der Waals surface area contributed by atoms with E-state index in [1.807, 2.05) is 71.1 Å². The lowest BCUT2D eigenvalue weighted by Crippen LogP contribution is -2.28. The van der Waals surface area contributed by atoms with Crippen LogP contribution in [0.1, 0.15) is 17.0 Å². The quantitative estimate of drug-likeness (QED) is 0.329. The molecule has 0 saturated carbocycles. The number of hydrogen-bond donors (Lipinski definition) is 0. The molecule has 34 heavy (non-hydrogen) atoms. The van der Waals surface area contributed by atoms with Gasteiger partial charge in [-0.1, -0.05) is 71.9 Å². The van der Waals surface area contributed by atoms with Crippen LogP contribution in [0, 0.1) is 0 Å². The maximum atomic E-state index is 13.5. The highest BCUT2D eigenvalue weighted by Crippen LogP contribution is 2.36. The summed E-state index contributed by atoms with van der Waals surface area (Å²) >= 11 is 7.53. The molecule has 3 aromatic carbocycles. The summed E-state index contributed by atoms with van der Waals surface area (Å²) in [7, 11) is 1.87. The van der Waals surface area contributed by atoms with E-state index in [2.05, 4.69) is 22.3 Å². The minimum Gasteiger partial charge on any atom is -0.484 e. The van der Waals surface area contributed by atoms with E-state index in [1.54, 1.807) is 6.07 Å². The maximum Gasteiger partial charge on any atom is 0.242 e. The van der Waals surface area contributed by atoms with Crippen molar-refractivity contribution in [3.8, 4) is 5.75 Å². The number of carbonyl (C=O) groups is 1. The Morgan fingerprint density at radius 2 is 1.56 bits per heavy atom. The molecule has 0 unspecified atom stereocenters. The third-order valence-corrected chi connectivity index (χ3v) is 7.14. The number of fused-ring (bicyclic) bond motifs is 2. The van der Waals surface area contributed by atoms with Crippen molar-refractivity contribution in [1.82, 2.24) is 14.8 Å². The Bertz CT molecular complexity index is 1290. The number of aryl methyl sites for hydroxylation is 2. The Balaban J connectivity index is 1.32. The van der Waals surface area contributed by atoms with Gasteiger partial charge in [-0.3, -0.25) is 9.69 Å². The van der Waals surface area contributed by atoms with Gasteiger partial charge >= 0.3 is 0 Å². The Morgan fingerprint density at radius 1 is 0.941 bits per heavy atom. The number of thioether (sulfide) groups is 1. The number of benzene rings is 3. The van der Waals surface area contributed by atoms with E-state index in [4.69, 9.17) is 16.3 Å². The summed E-state index contributed by atoms with van der Waals surface area (Å²) < 4.78 is 7.64. The fraction of sp³-hybridized carbons (Fsp3) is 0.192. The predicted octanol–water partition coefficient (Wildman–Crippen LogP) is 5.60. The van der Waals surface area contributed by atoms with E-state index in [1.165, 1.54) is 22.9 Å². The van der Waals surface area contributed by atoms with Crippen LogP contribution in [0.4, 0.5) is 11.4 Å². The molecule has 6 nitrogen and oxygen atoms in total. The Kier molecular flexibility index (Phi) is 6.56. The van der Waals surface area contributed by atoms with Crippen molar-refractivity contribution < 1.29 is 9.53 Å². The van der Waals surface area contributed by atoms with Crippen molar-refractivity contribution in [2.75, 3.05) is 10.7 Å². The van der Waals surface area contributed by atoms with Crippen molar-refractivity contribution >= 4 is 40.6 Å². The number of carbonyl (C=O) groups excluding carboxylic acids is 1. The first-order valence-corrected chi connectivity index (χ1v) is 12.4. The highest BCUT2D eigenvalue weighted by Gasteiger charge is 2.26. The lowest BCUT2D eigenvalue weighted by molar-refractivity contribution is -0.115. The van der Waals surface area contributed by atoms with Crippen LogP contribution in [-0.2, 0) is 31.3 Å². The van der Waals surface area contributed by atoms with E-state index >= 15 is 0 Å². The summed E-state index contributed by atoms with van der Waals surface area (Å²) in [6.45, 7) is 0.231. The largest absolute Gasteiger partial charge is 0.484 e. The molecule has 0 aliphatic carbocycles. The third-order valence-electron chi connectivity index (χ3n) is 5.82. The van der Waals surface area contributed by atoms with E-state index in [-0.39, 0.29) is 18.3 Å². The van der Waals surface area contributed by atoms with Crippen molar-refractivity contribution in [3.05, 3.63) is 94.8 Å². The molecule has 1 aromatic heterocycles. The molecule has 1 aliphatic rings. The second-order valence-electron chi connectivity index (χ2n) is 7.95. The van der Waals surface area contributed by atoms with Crippen LogP contribution >= 0.6 is 23.4 Å². The first-order valence-electron chi connectivity index (χ1n) is 11.0. The zero-order chi connectivity index (χ0) is 23.5. The van der Waals surface area contributed by atoms with Gasteiger partial charge in [0.15, 0.2) is 11.0 Å². The summed E-state index contributed by atoms with van der Waals surface area (Å²) in [5.74, 6) is 1.49. The molecule has 1 aliphatic heterocycles. The number of halogens is 1. The number of nitrogens with zero attached hydrogens (tertiary/aromatic N) is 4. The second kappa shape index (κ2) is 9.91.